The molecule has 0 atom stereocenters. The number of likely N-dealkylation sites (tertiary alicyclic amines) is 1. The molecule has 42 heavy (non-hydrogen) atoms. The predicted molar refractivity (Wildman–Crippen MR) is 165 cm³/mol. The number of anilines is 2. The largest absolute Gasteiger partial charge is 0.344 e. The first-order valence-electron chi connectivity index (χ1n) is 15.2. The Balaban J connectivity index is 1.08. The van der Waals surface area contributed by atoms with E-state index in [-0.39, 0.29) is 0 Å². The maximum absolute atomic E-state index is 4.95. The van der Waals surface area contributed by atoms with E-state index in [2.05, 4.69) is 105 Å². The Hall–Kier alpha value is -4.11. The molecule has 0 bridgehead atoms. The Kier molecular flexibility index (Phi) is 6.98. The van der Waals surface area contributed by atoms with Gasteiger partial charge in [0.05, 0.1) is 6.54 Å². The average molecular weight is 562 g/mol. The lowest BCUT2D eigenvalue weighted by Gasteiger charge is -2.31. The van der Waals surface area contributed by atoms with E-state index in [0.717, 1.165) is 86.8 Å². The summed E-state index contributed by atoms with van der Waals surface area (Å²) in [4.78, 5) is 14.8. The lowest BCUT2D eigenvalue weighted by Crippen LogP contribution is -2.32. The van der Waals surface area contributed by atoms with E-state index in [4.69, 9.17) is 9.97 Å². The lowest BCUT2D eigenvalue weighted by molar-refractivity contribution is 0.201. The van der Waals surface area contributed by atoms with Crippen LogP contribution < -0.4 is 4.90 Å². The summed E-state index contributed by atoms with van der Waals surface area (Å²) in [5.74, 6) is 2.36. The fourth-order valence-corrected chi connectivity index (χ4v) is 6.95. The lowest BCUT2D eigenvalue weighted by atomic mass is 9.95. The molecule has 0 spiro atoms. The van der Waals surface area contributed by atoms with Crippen molar-refractivity contribution in [3.63, 3.8) is 0 Å². The number of aromatic nitrogens is 7. The van der Waals surface area contributed by atoms with Gasteiger partial charge in [-0.1, -0.05) is 36.4 Å². The number of nitrogens with one attached hydrogen (secondary N) is 1. The van der Waals surface area contributed by atoms with E-state index in [1.165, 1.54) is 39.2 Å². The van der Waals surface area contributed by atoms with Crippen molar-refractivity contribution < 1.29 is 0 Å². The first-order valence-corrected chi connectivity index (χ1v) is 15.2. The van der Waals surface area contributed by atoms with Crippen LogP contribution >= 0.6 is 0 Å². The number of tetrazole rings is 1. The van der Waals surface area contributed by atoms with E-state index < -0.39 is 0 Å². The number of H-pyrrole nitrogens is 1. The number of aromatic amines is 1. The first kappa shape index (κ1) is 26.8. The van der Waals surface area contributed by atoms with Crippen LogP contribution in [-0.4, -0.2) is 60.2 Å². The third kappa shape index (κ3) is 4.96. The molecule has 5 aromatic rings. The number of pyridine rings is 1. The molecule has 1 N–H and O–H groups in total. The Labute approximate surface area is 247 Å². The van der Waals surface area contributed by atoms with E-state index >= 15 is 0 Å². The van der Waals surface area contributed by atoms with Gasteiger partial charge in [0.1, 0.15) is 11.3 Å². The van der Waals surface area contributed by atoms with Crippen molar-refractivity contribution in [3.05, 3.63) is 87.6 Å². The van der Waals surface area contributed by atoms with Crippen molar-refractivity contribution in [2.75, 3.05) is 25.0 Å². The predicted octanol–water partition coefficient (Wildman–Crippen LogP) is 5.42. The summed E-state index contributed by atoms with van der Waals surface area (Å²) in [6.45, 7) is 10.3. The fourth-order valence-electron chi connectivity index (χ4n) is 6.95. The molecule has 2 aliphatic heterocycles. The molecule has 0 radical (unpaired) electrons. The summed E-state index contributed by atoms with van der Waals surface area (Å²) in [5.41, 5.74) is 12.4. The van der Waals surface area contributed by atoms with Crippen LogP contribution in [0.1, 0.15) is 70.8 Å². The second kappa shape index (κ2) is 10.9. The van der Waals surface area contributed by atoms with E-state index in [1.54, 1.807) is 0 Å². The standard InChI is InChI=1S/C33H39N9/c1-5-30-35-31-21(2)16-22(3)34-33(31)42(30)20-24-7-11-29-27(18-24)9-8-26-17-23(6-10-28(26)40(29)4)19-41-14-12-25(13-15-41)32-36-38-39-37-32/h6-7,10-11,16-18,25H,5,8-9,12-15,19-20H2,1-4H3,(H,36,37,38,39). The average Bonchev–Trinajstić information content (AvgIpc) is 3.62. The third-order valence-electron chi connectivity index (χ3n) is 9.15. The van der Waals surface area contributed by atoms with Gasteiger partial charge in [0, 0.05) is 43.0 Å². The van der Waals surface area contributed by atoms with Gasteiger partial charge in [-0.2, -0.15) is 5.21 Å². The monoisotopic (exact) mass is 561 g/mol. The molecule has 2 aliphatic rings. The van der Waals surface area contributed by atoms with Gasteiger partial charge in [-0.15, -0.1) is 10.2 Å². The molecule has 5 heterocycles. The van der Waals surface area contributed by atoms with Crippen LogP contribution in [0, 0.1) is 13.8 Å². The van der Waals surface area contributed by atoms with Gasteiger partial charge >= 0.3 is 0 Å². The van der Waals surface area contributed by atoms with Crippen molar-refractivity contribution >= 4 is 22.5 Å². The quantitative estimate of drug-likeness (QED) is 0.296. The number of aryl methyl sites for hydroxylation is 5. The molecule has 0 saturated carbocycles. The molecule has 9 heteroatoms. The second-order valence-electron chi connectivity index (χ2n) is 12.0. The highest BCUT2D eigenvalue weighted by Gasteiger charge is 2.24. The molecule has 0 amide bonds. The minimum absolute atomic E-state index is 0.412. The second-order valence-corrected chi connectivity index (χ2v) is 12.0. The summed E-state index contributed by atoms with van der Waals surface area (Å²) in [5, 5.41) is 14.7. The number of hydrogen-bond donors (Lipinski definition) is 1. The molecular formula is C33H39N9. The van der Waals surface area contributed by atoms with Gasteiger partial charge in [0.2, 0.25) is 0 Å². The van der Waals surface area contributed by atoms with Gasteiger partial charge < -0.3 is 9.47 Å². The van der Waals surface area contributed by atoms with Crippen LogP contribution in [0.5, 0.6) is 0 Å². The van der Waals surface area contributed by atoms with Crippen LogP contribution in [0.15, 0.2) is 42.5 Å². The van der Waals surface area contributed by atoms with Gasteiger partial charge in [0.15, 0.2) is 11.5 Å². The minimum atomic E-state index is 0.412. The molecule has 1 saturated heterocycles. The number of hydrogen-bond acceptors (Lipinski definition) is 7. The minimum Gasteiger partial charge on any atom is -0.344 e. The number of nitrogens with zero attached hydrogens (tertiary/aromatic N) is 8. The SMILES string of the molecule is CCc1nc2c(C)cc(C)nc2n1Cc1ccc2c(c1)CCc1cc(CN3CCC(c4nn[nH]n4)CC3)ccc1N2C. The molecule has 7 rings (SSSR count). The molecule has 0 unspecified atom stereocenters. The van der Waals surface area contributed by atoms with Crippen LogP contribution in [-0.2, 0) is 32.4 Å². The Morgan fingerprint density at radius 1 is 0.881 bits per heavy atom. The number of piperidine rings is 1. The first-order chi connectivity index (χ1) is 20.5. The smallest absolute Gasteiger partial charge is 0.177 e. The normalized spacial score (nSPS) is 16.0. The molecule has 0 aliphatic carbocycles. The highest BCUT2D eigenvalue weighted by molar-refractivity contribution is 5.76. The molecule has 2 aromatic carbocycles. The maximum Gasteiger partial charge on any atom is 0.177 e. The Bertz CT molecular complexity index is 1730. The van der Waals surface area contributed by atoms with E-state index in [1.807, 2.05) is 0 Å². The van der Waals surface area contributed by atoms with Crippen LogP contribution in [0.3, 0.4) is 0 Å². The van der Waals surface area contributed by atoms with Gasteiger partial charge in [-0.05, 0) is 98.6 Å². The van der Waals surface area contributed by atoms with E-state index in [0.29, 0.717) is 5.92 Å². The number of imidazole rings is 1. The molecule has 3 aromatic heterocycles. The zero-order valence-electron chi connectivity index (χ0n) is 25.1. The number of rotatable bonds is 6. The van der Waals surface area contributed by atoms with Crippen molar-refractivity contribution in [1.82, 2.24) is 40.1 Å². The molecular weight excluding hydrogens is 522 g/mol. The van der Waals surface area contributed by atoms with Crippen LogP contribution in [0.4, 0.5) is 11.4 Å². The third-order valence-corrected chi connectivity index (χ3v) is 9.15. The highest BCUT2D eigenvalue weighted by Crippen LogP contribution is 2.36. The molecule has 216 valence electrons. The van der Waals surface area contributed by atoms with Gasteiger partial charge in [-0.3, -0.25) is 4.90 Å². The summed E-state index contributed by atoms with van der Waals surface area (Å²) < 4.78 is 2.31. The van der Waals surface area contributed by atoms with E-state index in [9.17, 15) is 0 Å². The topological polar surface area (TPSA) is 91.7 Å². The highest BCUT2D eigenvalue weighted by atomic mass is 15.5. The fraction of sp³-hybridized carbons (Fsp3) is 0.424. The zero-order chi connectivity index (χ0) is 28.8. The van der Waals surface area contributed by atoms with Crippen molar-refractivity contribution in [2.45, 2.75) is 71.9 Å². The molecule has 1 fully saturated rings. The van der Waals surface area contributed by atoms with Gasteiger partial charge in [-0.25, -0.2) is 9.97 Å². The van der Waals surface area contributed by atoms with Crippen molar-refractivity contribution in [1.29, 1.82) is 0 Å². The van der Waals surface area contributed by atoms with Gasteiger partial charge in [0.25, 0.3) is 0 Å². The number of benzene rings is 2. The van der Waals surface area contributed by atoms with Crippen molar-refractivity contribution in [3.8, 4) is 0 Å². The maximum atomic E-state index is 4.95. The summed E-state index contributed by atoms with van der Waals surface area (Å²) in [6.07, 6.45) is 5.11. The Morgan fingerprint density at radius 3 is 2.21 bits per heavy atom. The van der Waals surface area contributed by atoms with Crippen LogP contribution in [0.25, 0.3) is 11.2 Å². The zero-order valence-corrected chi connectivity index (χ0v) is 25.1. The molecule has 9 nitrogen and oxygen atoms in total. The Morgan fingerprint density at radius 2 is 1.57 bits per heavy atom. The number of fused-ring (bicyclic) bond motifs is 3. The summed E-state index contributed by atoms with van der Waals surface area (Å²) in [7, 11) is 2.21. The summed E-state index contributed by atoms with van der Waals surface area (Å²) >= 11 is 0. The van der Waals surface area contributed by atoms with Crippen molar-refractivity contribution in [2.24, 2.45) is 0 Å². The van der Waals surface area contributed by atoms with Crippen LogP contribution in [0.2, 0.25) is 0 Å². The summed E-state index contributed by atoms with van der Waals surface area (Å²) in [6, 6.07) is 16.2.